The highest BCUT2D eigenvalue weighted by molar-refractivity contribution is 5.87. The molecule has 7 heteroatoms. The topological polar surface area (TPSA) is 90.5 Å². The molecule has 2 atom stereocenters. The number of hydrogen-bond acceptors (Lipinski definition) is 5. The molecule has 140 valence electrons. The average Bonchev–Trinajstić information content (AvgIpc) is 2.48. The first-order chi connectivity index (χ1) is 11.2. The van der Waals surface area contributed by atoms with Crippen LogP contribution < -0.4 is 16.0 Å². The van der Waals surface area contributed by atoms with Crippen molar-refractivity contribution in [1.82, 2.24) is 20.9 Å². The van der Waals surface area contributed by atoms with Crippen LogP contribution in [0.3, 0.4) is 0 Å². The van der Waals surface area contributed by atoms with Crippen molar-refractivity contribution in [2.45, 2.75) is 52.1 Å². The predicted molar refractivity (Wildman–Crippen MR) is 95.7 cm³/mol. The first-order valence-electron chi connectivity index (χ1n) is 8.59. The van der Waals surface area contributed by atoms with Crippen molar-refractivity contribution in [1.29, 1.82) is 0 Å². The molecule has 3 N–H and O–H groups in total. The number of Topliss-reactive ketones (excluding diaryl/α,β-unsaturated/α-hetero) is 1. The summed E-state index contributed by atoms with van der Waals surface area (Å²) in [7, 11) is 5.48. The Morgan fingerprint density at radius 1 is 1.00 bits per heavy atom. The summed E-state index contributed by atoms with van der Waals surface area (Å²) in [5.41, 5.74) is 0. The number of carbonyl (C=O) groups is 3. The Balaban J connectivity index is 4.15. The molecule has 0 saturated carbocycles. The van der Waals surface area contributed by atoms with Gasteiger partial charge >= 0.3 is 0 Å². The molecule has 0 aliphatic heterocycles. The summed E-state index contributed by atoms with van der Waals surface area (Å²) >= 11 is 0. The van der Waals surface area contributed by atoms with Crippen LogP contribution in [0.15, 0.2) is 0 Å². The molecule has 0 unspecified atom stereocenters. The third kappa shape index (κ3) is 8.98. The number of unbranched alkanes of at least 4 members (excludes halogenated alkanes) is 1. The van der Waals surface area contributed by atoms with E-state index in [1.807, 2.05) is 32.8 Å². The molecule has 7 nitrogen and oxygen atoms in total. The highest BCUT2D eigenvalue weighted by Gasteiger charge is 2.21. The van der Waals surface area contributed by atoms with Gasteiger partial charge in [0.25, 0.3) is 0 Å². The van der Waals surface area contributed by atoms with Crippen molar-refractivity contribution < 1.29 is 14.4 Å². The van der Waals surface area contributed by atoms with Gasteiger partial charge in [-0.05, 0) is 53.2 Å². The van der Waals surface area contributed by atoms with E-state index >= 15 is 0 Å². The molecule has 0 rings (SSSR count). The smallest absolute Gasteiger partial charge is 0.237 e. The standard InChI is InChI=1S/C17H34N4O3/c1-12(2)15(18-4)17(24)19-10-8-7-9-14(21(5)6)16(23)20-11-13(3)22/h12,14-15,18H,7-11H2,1-6H3,(H,19,24)(H,20,23)/t14-,15+/m1/s1. The van der Waals surface area contributed by atoms with Crippen molar-refractivity contribution in [3.05, 3.63) is 0 Å². The van der Waals surface area contributed by atoms with Crippen LogP contribution in [-0.4, -0.2) is 68.8 Å². The van der Waals surface area contributed by atoms with E-state index in [9.17, 15) is 14.4 Å². The van der Waals surface area contributed by atoms with Gasteiger partial charge in [-0.25, -0.2) is 0 Å². The molecule has 0 bridgehead atoms. The molecule has 0 aliphatic carbocycles. The zero-order valence-electron chi connectivity index (χ0n) is 15.9. The Morgan fingerprint density at radius 2 is 1.62 bits per heavy atom. The Labute approximate surface area is 145 Å². The Morgan fingerprint density at radius 3 is 2.08 bits per heavy atom. The molecule has 0 saturated heterocycles. The fourth-order valence-electron chi connectivity index (χ4n) is 2.50. The van der Waals surface area contributed by atoms with Crippen molar-refractivity contribution in [3.8, 4) is 0 Å². The molecule has 0 aliphatic rings. The first-order valence-corrected chi connectivity index (χ1v) is 8.59. The molecular formula is C17H34N4O3. The zero-order chi connectivity index (χ0) is 18.7. The summed E-state index contributed by atoms with van der Waals surface area (Å²) < 4.78 is 0. The van der Waals surface area contributed by atoms with Crippen LogP contribution >= 0.6 is 0 Å². The van der Waals surface area contributed by atoms with E-state index in [-0.39, 0.29) is 42.1 Å². The van der Waals surface area contributed by atoms with Crippen molar-refractivity contribution in [2.75, 3.05) is 34.2 Å². The van der Waals surface area contributed by atoms with Gasteiger partial charge in [-0.2, -0.15) is 0 Å². The van der Waals surface area contributed by atoms with Crippen LogP contribution in [0, 0.1) is 5.92 Å². The van der Waals surface area contributed by atoms with Gasteiger partial charge in [-0.1, -0.05) is 13.8 Å². The largest absolute Gasteiger partial charge is 0.355 e. The Kier molecular flexibility index (Phi) is 11.2. The van der Waals surface area contributed by atoms with Crippen molar-refractivity contribution >= 4 is 17.6 Å². The van der Waals surface area contributed by atoms with E-state index in [2.05, 4.69) is 16.0 Å². The van der Waals surface area contributed by atoms with Gasteiger partial charge in [0.15, 0.2) is 0 Å². The van der Waals surface area contributed by atoms with E-state index in [0.717, 1.165) is 12.8 Å². The highest BCUT2D eigenvalue weighted by Crippen LogP contribution is 2.06. The molecular weight excluding hydrogens is 308 g/mol. The molecule has 2 amide bonds. The predicted octanol–water partition coefficient (Wildman–Crippen LogP) is 0.152. The first kappa shape index (κ1) is 22.5. The van der Waals surface area contributed by atoms with Gasteiger partial charge in [0, 0.05) is 6.54 Å². The average molecular weight is 342 g/mol. The van der Waals surface area contributed by atoms with Crippen LogP contribution in [0.1, 0.15) is 40.0 Å². The fourth-order valence-corrected chi connectivity index (χ4v) is 2.50. The Hall–Kier alpha value is -1.47. The maximum Gasteiger partial charge on any atom is 0.237 e. The van der Waals surface area contributed by atoms with E-state index < -0.39 is 0 Å². The monoisotopic (exact) mass is 342 g/mol. The van der Waals surface area contributed by atoms with E-state index in [4.69, 9.17) is 0 Å². The molecule has 0 heterocycles. The minimum Gasteiger partial charge on any atom is -0.355 e. The number of carbonyl (C=O) groups excluding carboxylic acids is 3. The molecule has 0 spiro atoms. The van der Waals surface area contributed by atoms with Gasteiger partial charge in [0.2, 0.25) is 11.8 Å². The maximum atomic E-state index is 12.1. The van der Waals surface area contributed by atoms with Crippen LogP contribution in [0.4, 0.5) is 0 Å². The van der Waals surface area contributed by atoms with Gasteiger partial charge < -0.3 is 16.0 Å². The molecule has 0 radical (unpaired) electrons. The maximum absolute atomic E-state index is 12.1. The van der Waals surface area contributed by atoms with Crippen LogP contribution in [-0.2, 0) is 14.4 Å². The minimum absolute atomic E-state index is 0.0101. The second kappa shape index (κ2) is 12.0. The summed E-state index contributed by atoms with van der Waals surface area (Å²) in [6, 6.07) is -0.447. The highest BCUT2D eigenvalue weighted by atomic mass is 16.2. The molecule has 0 aromatic heterocycles. The number of amides is 2. The van der Waals surface area contributed by atoms with Crippen molar-refractivity contribution in [2.24, 2.45) is 5.92 Å². The van der Waals surface area contributed by atoms with Crippen LogP contribution in [0.25, 0.3) is 0 Å². The lowest BCUT2D eigenvalue weighted by molar-refractivity contribution is -0.128. The van der Waals surface area contributed by atoms with Crippen LogP contribution in [0.2, 0.25) is 0 Å². The quantitative estimate of drug-likeness (QED) is 0.439. The molecule has 24 heavy (non-hydrogen) atoms. The van der Waals surface area contributed by atoms with E-state index in [0.29, 0.717) is 13.0 Å². The van der Waals surface area contributed by atoms with E-state index in [1.54, 1.807) is 7.05 Å². The third-order valence-electron chi connectivity index (χ3n) is 3.90. The van der Waals surface area contributed by atoms with Gasteiger partial charge in [-0.3, -0.25) is 19.3 Å². The third-order valence-corrected chi connectivity index (χ3v) is 3.90. The SMILES string of the molecule is CN[C@H](C(=O)NCCCC[C@H](C(=O)NCC(C)=O)N(C)C)C(C)C. The number of likely N-dealkylation sites (N-methyl/N-ethyl adjacent to an activating group) is 2. The van der Waals surface area contributed by atoms with Crippen LogP contribution in [0.5, 0.6) is 0 Å². The van der Waals surface area contributed by atoms with E-state index in [1.165, 1.54) is 6.92 Å². The molecule has 0 aromatic rings. The summed E-state index contributed by atoms with van der Waals surface area (Å²) in [5.74, 6) is 0.0519. The van der Waals surface area contributed by atoms with Gasteiger partial charge in [-0.15, -0.1) is 0 Å². The number of hydrogen-bond donors (Lipinski definition) is 3. The lowest BCUT2D eigenvalue weighted by Crippen LogP contribution is -2.46. The number of nitrogens with zero attached hydrogens (tertiary/aromatic N) is 1. The lowest BCUT2D eigenvalue weighted by atomic mass is 10.0. The van der Waals surface area contributed by atoms with Gasteiger partial charge in [0.05, 0.1) is 18.6 Å². The summed E-state index contributed by atoms with van der Waals surface area (Å²) in [6.45, 7) is 6.12. The summed E-state index contributed by atoms with van der Waals surface area (Å²) in [5, 5.41) is 8.59. The second-order valence-corrected chi connectivity index (χ2v) is 6.70. The summed E-state index contributed by atoms with van der Waals surface area (Å²) in [4.78, 5) is 36.9. The zero-order valence-corrected chi connectivity index (χ0v) is 15.9. The lowest BCUT2D eigenvalue weighted by Gasteiger charge is -2.23. The molecule has 0 aromatic carbocycles. The minimum atomic E-state index is -0.263. The Bertz CT molecular complexity index is 411. The molecule has 0 fully saturated rings. The van der Waals surface area contributed by atoms with Gasteiger partial charge in [0.1, 0.15) is 5.78 Å². The number of nitrogens with one attached hydrogen (secondary N) is 3. The fraction of sp³-hybridized carbons (Fsp3) is 0.824. The summed E-state index contributed by atoms with van der Waals surface area (Å²) in [6.07, 6.45) is 2.32. The second-order valence-electron chi connectivity index (χ2n) is 6.70. The number of ketones is 1. The number of rotatable bonds is 12. The van der Waals surface area contributed by atoms with Crippen molar-refractivity contribution in [3.63, 3.8) is 0 Å². The normalized spacial score (nSPS) is 13.7.